The van der Waals surface area contributed by atoms with Crippen molar-refractivity contribution < 1.29 is 43.6 Å². The average Bonchev–Trinajstić information content (AvgIpc) is 3.82. The van der Waals surface area contributed by atoms with E-state index in [1.54, 1.807) is 24.3 Å². The second-order valence-corrected chi connectivity index (χ2v) is 18.2. The monoisotopic (exact) mass is 806 g/mol. The predicted molar refractivity (Wildman–Crippen MR) is 213 cm³/mol. The molecule has 7 rings (SSSR count). The number of aliphatic carboxylic acids is 1. The van der Waals surface area contributed by atoms with Crippen LogP contribution in [0.25, 0.3) is 22.3 Å². The summed E-state index contributed by atoms with van der Waals surface area (Å²) in [6.45, 7) is 11.4. The quantitative estimate of drug-likeness (QED) is 0.135. The first-order valence-electron chi connectivity index (χ1n) is 20.0. The van der Waals surface area contributed by atoms with Crippen molar-refractivity contribution in [1.82, 2.24) is 25.5 Å². The molecular weight excluding hydrogens is 753 g/mol. The number of hydrogen-bond acceptors (Lipinski definition) is 12. The molecule has 2 aromatic heterocycles. The minimum Gasteiger partial charge on any atom is -0.491 e. The van der Waals surface area contributed by atoms with Crippen LogP contribution in [0.4, 0.5) is 9.93 Å². The largest absolute Gasteiger partial charge is 0.491 e. The van der Waals surface area contributed by atoms with Gasteiger partial charge >= 0.3 is 12.1 Å². The Morgan fingerprint density at radius 3 is 2.44 bits per heavy atom. The number of likely N-dealkylation sites (tertiary alicyclic amines) is 1. The van der Waals surface area contributed by atoms with E-state index in [0.717, 1.165) is 18.0 Å². The van der Waals surface area contributed by atoms with Gasteiger partial charge in [0, 0.05) is 35.4 Å². The number of benzene rings is 1. The fourth-order valence-corrected chi connectivity index (χ4v) is 9.24. The van der Waals surface area contributed by atoms with Gasteiger partial charge < -0.3 is 45.3 Å². The number of aliphatic hydroxyl groups excluding tert-OH is 1. The number of nitrogens with zero attached hydrogens (tertiary/aromatic N) is 3. The molecule has 4 aliphatic rings. The lowest BCUT2D eigenvalue weighted by Crippen LogP contribution is -2.59. The Labute approximate surface area is 336 Å². The number of carboxylic acids is 1. The fourth-order valence-electron chi connectivity index (χ4n) is 8.38. The molecule has 4 fully saturated rings. The van der Waals surface area contributed by atoms with Crippen molar-refractivity contribution in [3.8, 4) is 22.9 Å². The van der Waals surface area contributed by atoms with Crippen LogP contribution in [0.1, 0.15) is 80.1 Å². The predicted octanol–water partition coefficient (Wildman–Crippen LogP) is 5.21. The van der Waals surface area contributed by atoms with Gasteiger partial charge in [-0.1, -0.05) is 34.1 Å². The Bertz CT molecular complexity index is 2010. The number of carbonyl (C=O) groups excluding carboxylic acids is 3. The van der Waals surface area contributed by atoms with E-state index < -0.39 is 53.0 Å². The molecule has 3 heterocycles. The number of anilines is 1. The van der Waals surface area contributed by atoms with E-state index in [1.165, 1.54) is 22.7 Å². The van der Waals surface area contributed by atoms with Crippen LogP contribution in [0, 0.1) is 23.2 Å². The molecule has 3 aromatic rings. The lowest BCUT2D eigenvalue weighted by atomic mass is 9.85. The number of carboxylic acid groups (broad SMARTS) is 1. The van der Waals surface area contributed by atoms with Crippen molar-refractivity contribution in [2.45, 2.75) is 116 Å². The molecule has 308 valence electrons. The number of ether oxygens (including phenoxy) is 3. The number of rotatable bonds is 15. The second-order valence-electron chi connectivity index (χ2n) is 17.3. The standard InChI is InChI=1S/C41H54N6O9S/c1-7-24-18-41(24,37(51)52)46-35(49)32-16-27(19-47(32)36(50)34(40(4,5)6)45-39(53)56-26-13-22-12-23(22)14-26)55-33-17-30(31-20-57-38(44-31)42-21(2)3)43-29-15-25(54-11-10-48)8-9-28(29)33/h8-9,15,17,20-24,26-27,32,34,48H,7,10-14,16,18-19H2,1-6H3,(H,42,44)(H,45,53)(H,46,49)(H,51,52)/t22-,23+,24-,26?,27+,32+,34-,41+/m1/s1. The molecule has 1 aliphatic heterocycles. The molecule has 0 radical (unpaired) electrons. The van der Waals surface area contributed by atoms with Gasteiger partial charge in [-0.25, -0.2) is 19.6 Å². The van der Waals surface area contributed by atoms with Crippen molar-refractivity contribution in [2.24, 2.45) is 23.2 Å². The van der Waals surface area contributed by atoms with Crippen LogP contribution < -0.4 is 25.4 Å². The molecule has 5 N–H and O–H groups in total. The number of aromatic nitrogens is 2. The van der Waals surface area contributed by atoms with E-state index in [9.17, 15) is 29.4 Å². The summed E-state index contributed by atoms with van der Waals surface area (Å²) in [7, 11) is 0. The molecule has 0 spiro atoms. The number of pyridine rings is 1. The van der Waals surface area contributed by atoms with Gasteiger partial charge in [-0.2, -0.15) is 0 Å². The molecule has 15 nitrogen and oxygen atoms in total. The first-order valence-corrected chi connectivity index (χ1v) is 20.9. The lowest BCUT2D eigenvalue weighted by molar-refractivity contribution is -0.146. The Hall–Kier alpha value is -4.70. The summed E-state index contributed by atoms with van der Waals surface area (Å²) < 4.78 is 18.2. The van der Waals surface area contributed by atoms with E-state index in [2.05, 4.69) is 16.0 Å². The molecule has 1 unspecified atom stereocenters. The third-order valence-corrected chi connectivity index (χ3v) is 12.4. The van der Waals surface area contributed by atoms with Crippen LogP contribution in [0.3, 0.4) is 0 Å². The van der Waals surface area contributed by atoms with Gasteiger partial charge in [0.15, 0.2) is 5.13 Å². The minimum atomic E-state index is -1.41. The van der Waals surface area contributed by atoms with E-state index in [0.29, 0.717) is 58.5 Å². The Morgan fingerprint density at radius 2 is 1.79 bits per heavy atom. The summed E-state index contributed by atoms with van der Waals surface area (Å²) in [5, 5.41) is 31.7. The normalized spacial score (nSPS) is 26.8. The highest BCUT2D eigenvalue weighted by Gasteiger charge is 2.61. The maximum absolute atomic E-state index is 14.7. The molecule has 3 amide bonds. The minimum absolute atomic E-state index is 0.0144. The van der Waals surface area contributed by atoms with Crippen molar-refractivity contribution in [3.05, 3.63) is 29.6 Å². The number of aliphatic hydroxyl groups is 1. The van der Waals surface area contributed by atoms with Gasteiger partial charge in [0.2, 0.25) is 11.8 Å². The molecule has 8 atom stereocenters. The summed E-state index contributed by atoms with van der Waals surface area (Å²) in [6, 6.07) is 5.11. The molecule has 3 saturated carbocycles. The van der Waals surface area contributed by atoms with Gasteiger partial charge in [-0.15, -0.1) is 11.3 Å². The first-order chi connectivity index (χ1) is 27.1. The van der Waals surface area contributed by atoms with E-state index >= 15 is 0 Å². The van der Waals surface area contributed by atoms with Crippen molar-refractivity contribution in [3.63, 3.8) is 0 Å². The number of carbonyl (C=O) groups is 4. The summed E-state index contributed by atoms with van der Waals surface area (Å²) in [4.78, 5) is 65.6. The first kappa shape index (κ1) is 40.5. The Morgan fingerprint density at radius 1 is 1.04 bits per heavy atom. The van der Waals surface area contributed by atoms with Gasteiger partial charge in [-0.3, -0.25) is 9.59 Å². The highest BCUT2D eigenvalue weighted by Crippen LogP contribution is 2.52. The third-order valence-electron chi connectivity index (χ3n) is 11.6. The van der Waals surface area contributed by atoms with Crippen LogP contribution in [0.15, 0.2) is 29.6 Å². The van der Waals surface area contributed by atoms with Gasteiger partial charge in [0.05, 0.1) is 24.4 Å². The van der Waals surface area contributed by atoms with Crippen LogP contribution in [-0.2, 0) is 19.1 Å². The Kier molecular flexibility index (Phi) is 11.3. The summed E-state index contributed by atoms with van der Waals surface area (Å²) >= 11 is 1.45. The van der Waals surface area contributed by atoms with Gasteiger partial charge in [0.25, 0.3) is 0 Å². The third kappa shape index (κ3) is 8.76. The number of fused-ring (bicyclic) bond motifs is 2. The summed E-state index contributed by atoms with van der Waals surface area (Å²) in [5.74, 6) is -0.277. The maximum Gasteiger partial charge on any atom is 0.408 e. The van der Waals surface area contributed by atoms with E-state index in [1.807, 2.05) is 46.9 Å². The number of amides is 3. The molecule has 16 heteroatoms. The molecule has 1 aromatic carbocycles. The van der Waals surface area contributed by atoms with Crippen molar-refractivity contribution in [1.29, 1.82) is 0 Å². The van der Waals surface area contributed by atoms with Crippen LogP contribution in [-0.4, -0.2) is 105 Å². The van der Waals surface area contributed by atoms with Crippen LogP contribution >= 0.6 is 11.3 Å². The van der Waals surface area contributed by atoms with Crippen molar-refractivity contribution in [2.75, 3.05) is 25.1 Å². The fraction of sp³-hybridized carbons (Fsp3) is 0.610. The van der Waals surface area contributed by atoms with Gasteiger partial charge in [-0.05, 0) is 74.8 Å². The molecule has 1 saturated heterocycles. The zero-order valence-electron chi connectivity index (χ0n) is 33.4. The van der Waals surface area contributed by atoms with Crippen LogP contribution in [0.2, 0.25) is 0 Å². The number of thiazole rings is 1. The lowest BCUT2D eigenvalue weighted by Gasteiger charge is -2.35. The highest BCUT2D eigenvalue weighted by atomic mass is 32.1. The number of nitrogens with one attached hydrogen (secondary N) is 3. The topological polar surface area (TPSA) is 202 Å². The maximum atomic E-state index is 14.7. The second kappa shape index (κ2) is 15.9. The van der Waals surface area contributed by atoms with Crippen molar-refractivity contribution >= 4 is 51.2 Å². The van der Waals surface area contributed by atoms with Gasteiger partial charge in [0.1, 0.15) is 53.6 Å². The van der Waals surface area contributed by atoms with E-state index in [-0.39, 0.29) is 44.2 Å². The zero-order valence-corrected chi connectivity index (χ0v) is 34.2. The molecule has 0 bridgehead atoms. The zero-order chi connectivity index (χ0) is 40.8. The summed E-state index contributed by atoms with van der Waals surface area (Å²) in [6.07, 6.45) is 2.18. The number of hydrogen-bond donors (Lipinski definition) is 5. The number of alkyl carbamates (subject to hydrolysis) is 1. The van der Waals surface area contributed by atoms with E-state index in [4.69, 9.17) is 24.2 Å². The summed E-state index contributed by atoms with van der Waals surface area (Å²) in [5.41, 5.74) is -0.490. The van der Waals surface area contributed by atoms with Crippen LogP contribution in [0.5, 0.6) is 11.5 Å². The highest BCUT2D eigenvalue weighted by molar-refractivity contribution is 7.14. The Balaban J connectivity index is 1.19. The average molecular weight is 807 g/mol. The molecule has 3 aliphatic carbocycles. The SMILES string of the molecule is CC[C@@H]1C[C@@]1(NC(=O)[C@@H]1C[C@H](Oc2cc(-c3csc(NC(C)C)n3)nc3cc(OCCO)ccc23)CN1C(=O)[C@@H](NC(=O)OC1C[C@@H]2C[C@@H]2C1)C(C)(C)C)C(=O)O. The molecular formula is C41H54N6O9S. The molecule has 57 heavy (non-hydrogen) atoms. The smallest absolute Gasteiger partial charge is 0.408 e.